The molecule has 0 aliphatic rings. The van der Waals surface area contributed by atoms with Gasteiger partial charge in [0.25, 0.3) is 5.91 Å². The summed E-state index contributed by atoms with van der Waals surface area (Å²) < 4.78 is 14.2. The van der Waals surface area contributed by atoms with Crippen LogP contribution in [0, 0.1) is 5.82 Å². The van der Waals surface area contributed by atoms with Crippen LogP contribution >= 0.6 is 0 Å². The van der Waals surface area contributed by atoms with E-state index in [1.165, 1.54) is 17.7 Å². The summed E-state index contributed by atoms with van der Waals surface area (Å²) in [6.45, 7) is 1.80. The number of nitrogens with one attached hydrogen (secondary N) is 1. The van der Waals surface area contributed by atoms with Gasteiger partial charge in [0.15, 0.2) is 0 Å². The van der Waals surface area contributed by atoms with Gasteiger partial charge in [-0.15, -0.1) is 0 Å². The number of anilines is 1. The van der Waals surface area contributed by atoms with Crippen LogP contribution in [-0.2, 0) is 6.42 Å². The second-order valence-corrected chi connectivity index (χ2v) is 5.86. The molecule has 2 rings (SSSR count). The van der Waals surface area contributed by atoms with Gasteiger partial charge in [0.05, 0.1) is 18.2 Å². The van der Waals surface area contributed by atoms with Gasteiger partial charge in [0.1, 0.15) is 5.82 Å². The van der Waals surface area contributed by atoms with Crippen LogP contribution in [0.25, 0.3) is 0 Å². The fraction of sp³-hybridized carbons (Fsp3) is 0.316. The van der Waals surface area contributed by atoms with Crippen molar-refractivity contribution in [3.05, 3.63) is 65.0 Å². The molecule has 128 valence electrons. The van der Waals surface area contributed by atoms with Gasteiger partial charge in [-0.25, -0.2) is 4.39 Å². The number of hydrogen-bond donors (Lipinski definition) is 2. The van der Waals surface area contributed by atoms with Crippen LogP contribution in [0.5, 0.6) is 0 Å². The molecular formula is C19H23FN2O2. The van der Waals surface area contributed by atoms with Crippen LogP contribution < -0.4 is 10.2 Å². The van der Waals surface area contributed by atoms with E-state index in [0.717, 1.165) is 12.0 Å². The quantitative estimate of drug-likeness (QED) is 0.856. The molecule has 0 heterocycles. The molecule has 0 aliphatic carbocycles. The molecule has 0 saturated heterocycles. The number of carbonyl (C=O) groups excluding carboxylic acids is 1. The minimum absolute atomic E-state index is 0.0378. The minimum Gasteiger partial charge on any atom is -0.394 e. The number of aliphatic hydroxyl groups excluding tert-OH is 1. The number of nitrogens with zero attached hydrogens (tertiary/aromatic N) is 1. The second-order valence-electron chi connectivity index (χ2n) is 5.86. The largest absolute Gasteiger partial charge is 0.394 e. The molecule has 4 nitrogen and oxygen atoms in total. The molecule has 1 amide bonds. The highest BCUT2D eigenvalue weighted by molar-refractivity contribution is 5.95. The lowest BCUT2D eigenvalue weighted by molar-refractivity contribution is 0.0912. The highest BCUT2D eigenvalue weighted by Gasteiger charge is 2.18. The number of hydrogen-bond acceptors (Lipinski definition) is 3. The SMILES string of the molecule is CCc1ccc(C(CO)NC(=O)c2ccc(N(C)C)cc2F)cc1. The van der Waals surface area contributed by atoms with Gasteiger partial charge in [0, 0.05) is 19.8 Å². The molecule has 5 heteroatoms. The zero-order chi connectivity index (χ0) is 17.7. The van der Waals surface area contributed by atoms with E-state index in [4.69, 9.17) is 0 Å². The van der Waals surface area contributed by atoms with Gasteiger partial charge in [-0.1, -0.05) is 31.2 Å². The Morgan fingerprint density at radius 1 is 1.21 bits per heavy atom. The highest BCUT2D eigenvalue weighted by atomic mass is 19.1. The maximum absolute atomic E-state index is 14.2. The van der Waals surface area contributed by atoms with E-state index in [9.17, 15) is 14.3 Å². The molecule has 0 aromatic heterocycles. The molecule has 0 saturated carbocycles. The fourth-order valence-corrected chi connectivity index (χ4v) is 2.42. The van der Waals surface area contributed by atoms with Crippen LogP contribution in [0.2, 0.25) is 0 Å². The smallest absolute Gasteiger partial charge is 0.254 e. The third-order valence-corrected chi connectivity index (χ3v) is 3.99. The zero-order valence-corrected chi connectivity index (χ0v) is 14.2. The van der Waals surface area contributed by atoms with Gasteiger partial charge in [0.2, 0.25) is 0 Å². The lowest BCUT2D eigenvalue weighted by Crippen LogP contribution is -2.31. The van der Waals surface area contributed by atoms with Crippen molar-refractivity contribution in [3.8, 4) is 0 Å². The first-order chi connectivity index (χ1) is 11.5. The molecule has 1 atom stereocenters. The average molecular weight is 330 g/mol. The van der Waals surface area contributed by atoms with Crippen LogP contribution in [0.4, 0.5) is 10.1 Å². The average Bonchev–Trinajstić information content (AvgIpc) is 2.59. The summed E-state index contributed by atoms with van der Waals surface area (Å²) in [7, 11) is 3.60. The predicted molar refractivity (Wildman–Crippen MR) is 93.8 cm³/mol. The maximum atomic E-state index is 14.2. The first-order valence-corrected chi connectivity index (χ1v) is 7.93. The molecule has 1 unspecified atom stereocenters. The summed E-state index contributed by atoms with van der Waals surface area (Å²) >= 11 is 0. The molecule has 0 fully saturated rings. The Kier molecular flexibility index (Phi) is 5.93. The molecule has 0 radical (unpaired) electrons. The Bertz CT molecular complexity index is 699. The Morgan fingerprint density at radius 3 is 2.38 bits per heavy atom. The van der Waals surface area contributed by atoms with E-state index in [1.54, 1.807) is 25.1 Å². The van der Waals surface area contributed by atoms with E-state index >= 15 is 0 Å². The van der Waals surface area contributed by atoms with Gasteiger partial charge < -0.3 is 15.3 Å². The Labute approximate surface area is 141 Å². The molecule has 2 aromatic carbocycles. The lowest BCUT2D eigenvalue weighted by atomic mass is 10.0. The fourth-order valence-electron chi connectivity index (χ4n) is 2.42. The number of amides is 1. The second kappa shape index (κ2) is 7.93. The standard InChI is InChI=1S/C19H23FN2O2/c1-4-13-5-7-14(8-6-13)18(12-23)21-19(24)16-10-9-15(22(2)3)11-17(16)20/h5-11,18,23H,4,12H2,1-3H3,(H,21,24). The summed E-state index contributed by atoms with van der Waals surface area (Å²) in [5, 5.41) is 12.3. The number of benzene rings is 2. The first-order valence-electron chi connectivity index (χ1n) is 7.93. The van der Waals surface area contributed by atoms with Crippen molar-refractivity contribution in [2.45, 2.75) is 19.4 Å². The van der Waals surface area contributed by atoms with Crippen LogP contribution in [0.3, 0.4) is 0 Å². The van der Waals surface area contributed by atoms with Crippen LogP contribution in [0.1, 0.15) is 34.5 Å². The van der Waals surface area contributed by atoms with Gasteiger partial charge in [-0.05, 0) is 35.7 Å². The van der Waals surface area contributed by atoms with Crippen molar-refractivity contribution in [2.24, 2.45) is 0 Å². The van der Waals surface area contributed by atoms with Crippen molar-refractivity contribution in [3.63, 3.8) is 0 Å². The van der Waals surface area contributed by atoms with Gasteiger partial charge in [-0.3, -0.25) is 4.79 Å². The third kappa shape index (κ3) is 4.11. The Morgan fingerprint density at radius 2 is 1.88 bits per heavy atom. The minimum atomic E-state index is -0.586. The predicted octanol–water partition coefficient (Wildman–Crippen LogP) is 2.92. The van der Waals surface area contributed by atoms with Crippen molar-refractivity contribution >= 4 is 11.6 Å². The lowest BCUT2D eigenvalue weighted by Gasteiger charge is -2.18. The van der Waals surface area contributed by atoms with E-state index in [1.807, 2.05) is 24.3 Å². The summed E-state index contributed by atoms with van der Waals surface area (Å²) in [6, 6.07) is 11.5. The third-order valence-electron chi connectivity index (χ3n) is 3.99. The van der Waals surface area contributed by atoms with Crippen molar-refractivity contribution < 1.29 is 14.3 Å². The molecule has 2 N–H and O–H groups in total. The zero-order valence-electron chi connectivity index (χ0n) is 14.2. The van der Waals surface area contributed by atoms with Crippen molar-refractivity contribution in [1.82, 2.24) is 5.32 Å². The topological polar surface area (TPSA) is 52.6 Å². The summed E-state index contributed by atoms with van der Waals surface area (Å²) in [6.07, 6.45) is 0.917. The number of aliphatic hydroxyl groups is 1. The first kappa shape index (κ1) is 17.9. The molecule has 24 heavy (non-hydrogen) atoms. The van der Waals surface area contributed by atoms with E-state index < -0.39 is 17.8 Å². The van der Waals surface area contributed by atoms with E-state index in [0.29, 0.717) is 5.69 Å². The number of halogens is 1. The van der Waals surface area contributed by atoms with E-state index in [2.05, 4.69) is 12.2 Å². The molecule has 2 aromatic rings. The van der Waals surface area contributed by atoms with Gasteiger partial charge >= 0.3 is 0 Å². The molecule has 0 spiro atoms. The van der Waals surface area contributed by atoms with Gasteiger partial charge in [-0.2, -0.15) is 0 Å². The van der Waals surface area contributed by atoms with Crippen molar-refractivity contribution in [1.29, 1.82) is 0 Å². The summed E-state index contributed by atoms with van der Waals surface area (Å²) in [4.78, 5) is 14.1. The number of rotatable bonds is 6. The Hall–Kier alpha value is -2.40. The molecular weight excluding hydrogens is 307 g/mol. The molecule has 0 bridgehead atoms. The number of aryl methyl sites for hydroxylation is 1. The summed E-state index contributed by atoms with van der Waals surface area (Å²) in [5.74, 6) is -1.13. The van der Waals surface area contributed by atoms with Crippen LogP contribution in [-0.4, -0.2) is 31.7 Å². The monoisotopic (exact) mass is 330 g/mol. The highest BCUT2D eigenvalue weighted by Crippen LogP contribution is 2.19. The maximum Gasteiger partial charge on any atom is 0.254 e. The summed E-state index contributed by atoms with van der Waals surface area (Å²) in [5.41, 5.74) is 2.60. The van der Waals surface area contributed by atoms with Crippen LogP contribution in [0.15, 0.2) is 42.5 Å². The Balaban J connectivity index is 2.16. The van der Waals surface area contributed by atoms with Crippen molar-refractivity contribution in [2.75, 3.05) is 25.6 Å². The molecule has 0 aliphatic heterocycles. The van der Waals surface area contributed by atoms with E-state index in [-0.39, 0.29) is 12.2 Å². The normalized spacial score (nSPS) is 11.9. The number of carbonyl (C=O) groups is 1.